The average molecular weight is 276 g/mol. The van der Waals surface area contributed by atoms with Gasteiger partial charge in [-0.25, -0.2) is 8.42 Å². The Bertz CT molecular complexity index is 664. The molecule has 0 aliphatic heterocycles. The van der Waals surface area contributed by atoms with Crippen molar-refractivity contribution in [2.45, 2.75) is 18.2 Å². The lowest BCUT2D eigenvalue weighted by Gasteiger charge is -2.09. The van der Waals surface area contributed by atoms with Crippen LogP contribution in [-0.4, -0.2) is 8.42 Å². The molecule has 0 bridgehead atoms. The van der Waals surface area contributed by atoms with Crippen molar-refractivity contribution >= 4 is 21.4 Å². The largest absolute Gasteiger partial charge is 0.399 e. The topological polar surface area (TPSA) is 72.2 Å². The van der Waals surface area contributed by atoms with E-state index in [0.29, 0.717) is 11.4 Å². The molecule has 2 aromatic rings. The molecule has 0 atom stereocenters. The first-order valence-corrected chi connectivity index (χ1v) is 7.47. The van der Waals surface area contributed by atoms with Crippen LogP contribution in [-0.2, 0) is 16.4 Å². The quantitative estimate of drug-likeness (QED) is 0.843. The van der Waals surface area contributed by atoms with E-state index in [0.717, 1.165) is 12.0 Å². The molecule has 100 valence electrons. The van der Waals surface area contributed by atoms with Crippen LogP contribution in [0, 0.1) is 0 Å². The summed E-state index contributed by atoms with van der Waals surface area (Å²) in [5, 5.41) is 0. The Hall–Kier alpha value is -2.01. The monoisotopic (exact) mass is 276 g/mol. The third kappa shape index (κ3) is 3.26. The van der Waals surface area contributed by atoms with Gasteiger partial charge in [-0.3, -0.25) is 4.72 Å². The number of aryl methyl sites for hydroxylation is 1. The summed E-state index contributed by atoms with van der Waals surface area (Å²) >= 11 is 0. The predicted molar refractivity (Wildman–Crippen MR) is 77.5 cm³/mol. The zero-order valence-electron chi connectivity index (χ0n) is 10.6. The van der Waals surface area contributed by atoms with Crippen molar-refractivity contribution in [1.29, 1.82) is 0 Å². The second-order valence-electron chi connectivity index (χ2n) is 4.23. The summed E-state index contributed by atoms with van der Waals surface area (Å²) < 4.78 is 26.8. The van der Waals surface area contributed by atoms with Gasteiger partial charge in [-0.05, 0) is 42.3 Å². The standard InChI is InChI=1S/C14H16N2O2S/c1-2-11-6-8-14(9-7-11)19(17,18)16-13-5-3-4-12(15)10-13/h3-10,16H,2,15H2,1H3. The van der Waals surface area contributed by atoms with Crippen LogP contribution in [0.2, 0.25) is 0 Å². The van der Waals surface area contributed by atoms with E-state index in [4.69, 9.17) is 5.73 Å². The molecule has 0 radical (unpaired) electrons. The van der Waals surface area contributed by atoms with E-state index in [9.17, 15) is 8.42 Å². The van der Waals surface area contributed by atoms with Crippen molar-refractivity contribution in [2.24, 2.45) is 0 Å². The van der Waals surface area contributed by atoms with Gasteiger partial charge >= 0.3 is 0 Å². The van der Waals surface area contributed by atoms with E-state index in [1.54, 1.807) is 36.4 Å². The van der Waals surface area contributed by atoms with Crippen molar-refractivity contribution < 1.29 is 8.42 Å². The second-order valence-corrected chi connectivity index (χ2v) is 5.91. The molecule has 4 nitrogen and oxygen atoms in total. The van der Waals surface area contributed by atoms with Crippen LogP contribution in [0.1, 0.15) is 12.5 Å². The highest BCUT2D eigenvalue weighted by Gasteiger charge is 2.13. The summed E-state index contributed by atoms with van der Waals surface area (Å²) in [6, 6.07) is 13.5. The molecular formula is C14H16N2O2S. The number of nitrogens with two attached hydrogens (primary N) is 1. The average Bonchev–Trinajstić information content (AvgIpc) is 2.38. The Labute approximate surface area is 113 Å². The maximum Gasteiger partial charge on any atom is 0.261 e. The Balaban J connectivity index is 2.27. The minimum atomic E-state index is -3.56. The van der Waals surface area contributed by atoms with E-state index in [1.807, 2.05) is 19.1 Å². The molecule has 0 amide bonds. The zero-order valence-corrected chi connectivity index (χ0v) is 11.4. The van der Waals surface area contributed by atoms with Gasteiger partial charge in [-0.15, -0.1) is 0 Å². The van der Waals surface area contributed by atoms with Gasteiger partial charge < -0.3 is 5.73 Å². The van der Waals surface area contributed by atoms with Crippen LogP contribution in [0.3, 0.4) is 0 Å². The Morgan fingerprint density at radius 1 is 1.11 bits per heavy atom. The number of anilines is 2. The number of hydrogen-bond donors (Lipinski definition) is 2. The van der Waals surface area contributed by atoms with E-state index in [1.165, 1.54) is 0 Å². The molecule has 2 rings (SSSR count). The maximum absolute atomic E-state index is 12.2. The Kier molecular flexibility index (Phi) is 3.76. The molecule has 0 heterocycles. The predicted octanol–water partition coefficient (Wildman–Crippen LogP) is 2.63. The van der Waals surface area contributed by atoms with E-state index in [-0.39, 0.29) is 4.90 Å². The third-order valence-corrected chi connectivity index (χ3v) is 4.18. The zero-order chi connectivity index (χ0) is 13.9. The van der Waals surface area contributed by atoms with Gasteiger partial charge in [0.1, 0.15) is 0 Å². The molecule has 0 saturated carbocycles. The number of nitrogens with one attached hydrogen (secondary N) is 1. The summed E-state index contributed by atoms with van der Waals surface area (Å²) in [6.07, 6.45) is 0.878. The lowest BCUT2D eigenvalue weighted by atomic mass is 10.2. The van der Waals surface area contributed by atoms with Crippen LogP contribution in [0.15, 0.2) is 53.4 Å². The fourth-order valence-corrected chi connectivity index (χ4v) is 2.77. The third-order valence-electron chi connectivity index (χ3n) is 2.78. The smallest absolute Gasteiger partial charge is 0.261 e. The normalized spacial score (nSPS) is 11.2. The molecule has 2 aromatic carbocycles. The molecule has 19 heavy (non-hydrogen) atoms. The summed E-state index contributed by atoms with van der Waals surface area (Å²) in [5.41, 5.74) is 7.69. The second kappa shape index (κ2) is 5.32. The maximum atomic E-state index is 12.2. The van der Waals surface area contributed by atoms with Crippen molar-refractivity contribution in [2.75, 3.05) is 10.5 Å². The molecule has 0 spiro atoms. The van der Waals surface area contributed by atoms with Gasteiger partial charge in [-0.2, -0.15) is 0 Å². The van der Waals surface area contributed by atoms with E-state index in [2.05, 4.69) is 4.72 Å². The van der Waals surface area contributed by atoms with Crippen LogP contribution in [0.4, 0.5) is 11.4 Å². The van der Waals surface area contributed by atoms with Gasteiger partial charge in [0.05, 0.1) is 10.6 Å². The van der Waals surface area contributed by atoms with Gasteiger partial charge in [-0.1, -0.05) is 25.1 Å². The highest BCUT2D eigenvalue weighted by molar-refractivity contribution is 7.92. The summed E-state index contributed by atoms with van der Waals surface area (Å²) in [4.78, 5) is 0.243. The molecule has 0 aliphatic rings. The van der Waals surface area contributed by atoms with Crippen LogP contribution in [0.5, 0.6) is 0 Å². The van der Waals surface area contributed by atoms with Crippen molar-refractivity contribution in [3.8, 4) is 0 Å². The minimum Gasteiger partial charge on any atom is -0.399 e. The first kappa shape index (κ1) is 13.4. The SMILES string of the molecule is CCc1ccc(S(=O)(=O)Nc2cccc(N)c2)cc1. The summed E-state index contributed by atoms with van der Waals surface area (Å²) in [5.74, 6) is 0. The Morgan fingerprint density at radius 2 is 1.79 bits per heavy atom. The van der Waals surface area contributed by atoms with Crippen LogP contribution >= 0.6 is 0 Å². The Morgan fingerprint density at radius 3 is 2.37 bits per heavy atom. The highest BCUT2D eigenvalue weighted by Crippen LogP contribution is 2.18. The minimum absolute atomic E-state index is 0.243. The van der Waals surface area contributed by atoms with Crippen molar-refractivity contribution in [1.82, 2.24) is 0 Å². The lowest BCUT2D eigenvalue weighted by Crippen LogP contribution is -2.13. The molecular weight excluding hydrogens is 260 g/mol. The molecule has 3 N–H and O–H groups in total. The number of benzene rings is 2. The van der Waals surface area contributed by atoms with E-state index >= 15 is 0 Å². The van der Waals surface area contributed by atoms with E-state index < -0.39 is 10.0 Å². The van der Waals surface area contributed by atoms with Gasteiger partial charge in [0, 0.05) is 5.69 Å². The number of hydrogen-bond acceptors (Lipinski definition) is 3. The number of nitrogen functional groups attached to an aromatic ring is 1. The number of sulfonamides is 1. The molecule has 0 fully saturated rings. The summed E-state index contributed by atoms with van der Waals surface area (Å²) in [6.45, 7) is 2.02. The van der Waals surface area contributed by atoms with Crippen molar-refractivity contribution in [3.05, 3.63) is 54.1 Å². The van der Waals surface area contributed by atoms with Crippen LogP contribution < -0.4 is 10.5 Å². The van der Waals surface area contributed by atoms with Crippen molar-refractivity contribution in [3.63, 3.8) is 0 Å². The fraction of sp³-hybridized carbons (Fsp3) is 0.143. The molecule has 0 unspecified atom stereocenters. The first-order valence-electron chi connectivity index (χ1n) is 5.98. The van der Waals surface area contributed by atoms with Gasteiger partial charge in [0.25, 0.3) is 10.0 Å². The fourth-order valence-electron chi connectivity index (χ4n) is 1.72. The van der Waals surface area contributed by atoms with Crippen LogP contribution in [0.25, 0.3) is 0 Å². The molecule has 0 aliphatic carbocycles. The first-order chi connectivity index (χ1) is 9.01. The highest BCUT2D eigenvalue weighted by atomic mass is 32.2. The van der Waals surface area contributed by atoms with Gasteiger partial charge in [0.15, 0.2) is 0 Å². The van der Waals surface area contributed by atoms with Gasteiger partial charge in [0.2, 0.25) is 0 Å². The lowest BCUT2D eigenvalue weighted by molar-refractivity contribution is 0.601. The molecule has 5 heteroatoms. The molecule has 0 aromatic heterocycles. The summed E-state index contributed by atoms with van der Waals surface area (Å²) in [7, 11) is -3.56. The number of rotatable bonds is 4. The molecule has 0 saturated heterocycles.